The van der Waals surface area contributed by atoms with Crippen molar-refractivity contribution in [3.05, 3.63) is 249 Å². The molecular weight excluding hydrogens is 919 g/mol. The summed E-state index contributed by atoms with van der Waals surface area (Å²) in [7, 11) is 0. The Bertz CT molecular complexity index is 2610. The van der Waals surface area contributed by atoms with Gasteiger partial charge < -0.3 is 34.0 Å². The van der Waals surface area contributed by atoms with Crippen LogP contribution >= 0.6 is 0 Å². The molecule has 61 heavy (non-hydrogen) atoms. The molecule has 0 unspecified atom stereocenters. The number of benzene rings is 8. The largest absolute Gasteiger partial charge is 2.00 e. The first-order chi connectivity index (χ1) is 28.5. The van der Waals surface area contributed by atoms with Crippen LogP contribution in [0.25, 0.3) is 10.8 Å². The second-order valence-electron chi connectivity index (χ2n) is 15.6. The second kappa shape index (κ2) is 20.1. The van der Waals surface area contributed by atoms with Gasteiger partial charge in [0.2, 0.25) is 0 Å². The maximum atomic E-state index is 6.07. The Morgan fingerprint density at radius 1 is 0.410 bits per heavy atom. The van der Waals surface area contributed by atoms with Gasteiger partial charge in [0.25, 0.3) is 0 Å². The minimum atomic E-state index is -0.0666. The first-order valence-corrected chi connectivity index (χ1v) is 20.7. The summed E-state index contributed by atoms with van der Waals surface area (Å²) in [5, 5.41) is 2.41. The fourth-order valence-corrected chi connectivity index (χ4v) is 9.15. The summed E-state index contributed by atoms with van der Waals surface area (Å²) in [6.07, 6.45) is 1.81. The molecule has 0 bridgehead atoms. The molecule has 0 spiro atoms. The van der Waals surface area contributed by atoms with E-state index in [1.807, 2.05) is 0 Å². The minimum Gasteiger partial charge on any atom is -1.00 e. The Labute approximate surface area is 392 Å². The molecule has 8 aromatic rings. The Morgan fingerprint density at radius 2 is 0.754 bits per heavy atom. The van der Waals surface area contributed by atoms with Gasteiger partial charge in [-0.1, -0.05) is 207 Å². The van der Waals surface area contributed by atoms with E-state index in [0.717, 1.165) is 46.8 Å². The van der Waals surface area contributed by atoms with E-state index in [2.05, 4.69) is 210 Å². The average molecular weight is 968 g/mol. The van der Waals surface area contributed by atoms with Crippen LogP contribution in [-0.4, -0.2) is 11.4 Å². The third kappa shape index (κ3) is 8.93. The number of rotatable bonds is 10. The quantitative estimate of drug-likeness (QED) is 0.0977. The topological polar surface area (TPSA) is 24.7 Å². The SMILES string of the molecule is CCc1cc(C)cc(CC)c1N=C1C(=Nc2c(C(c3ccccc3)c3ccccc3)cc(C)cc2C(c2ccccc2)c2ccccc2)c2cccc3cccc1c23.[Br-].[Br-].[Ni+2]. The molecule has 1 aliphatic carbocycles. The van der Waals surface area contributed by atoms with Crippen molar-refractivity contribution in [3.63, 3.8) is 0 Å². The maximum Gasteiger partial charge on any atom is 2.00 e. The van der Waals surface area contributed by atoms with Crippen molar-refractivity contribution in [3.8, 4) is 0 Å². The molecule has 0 saturated heterocycles. The van der Waals surface area contributed by atoms with Gasteiger partial charge in [-0.2, -0.15) is 0 Å². The van der Waals surface area contributed by atoms with Crippen molar-refractivity contribution < 1.29 is 50.5 Å². The molecular formula is C56H48Br2N2Ni. The van der Waals surface area contributed by atoms with Crippen LogP contribution in [0.1, 0.15) is 92.4 Å². The summed E-state index contributed by atoms with van der Waals surface area (Å²) >= 11 is 0. The van der Waals surface area contributed by atoms with E-state index in [0.29, 0.717) is 0 Å². The molecule has 9 rings (SSSR count). The van der Waals surface area contributed by atoms with Gasteiger partial charge in [0.15, 0.2) is 0 Å². The fourth-order valence-electron chi connectivity index (χ4n) is 9.15. The monoisotopic (exact) mass is 964 g/mol. The first-order valence-electron chi connectivity index (χ1n) is 20.7. The van der Waals surface area contributed by atoms with Crippen molar-refractivity contribution in [1.29, 1.82) is 0 Å². The Balaban J connectivity index is 0.00000207. The number of aryl methyl sites for hydroxylation is 4. The molecule has 0 radical (unpaired) electrons. The van der Waals surface area contributed by atoms with Crippen LogP contribution in [-0.2, 0) is 29.3 Å². The van der Waals surface area contributed by atoms with Gasteiger partial charge in [-0.3, -0.25) is 0 Å². The second-order valence-corrected chi connectivity index (χ2v) is 15.6. The molecule has 0 saturated carbocycles. The molecule has 306 valence electrons. The van der Waals surface area contributed by atoms with Gasteiger partial charge in [0.1, 0.15) is 0 Å². The van der Waals surface area contributed by atoms with Gasteiger partial charge in [-0.25, -0.2) is 9.98 Å². The normalized spacial score (nSPS) is 13.0. The van der Waals surface area contributed by atoms with Crippen molar-refractivity contribution in [1.82, 2.24) is 0 Å². The van der Waals surface area contributed by atoms with Gasteiger partial charge >= 0.3 is 16.5 Å². The summed E-state index contributed by atoms with van der Waals surface area (Å²) in [5.41, 5.74) is 18.5. The van der Waals surface area contributed by atoms with Crippen molar-refractivity contribution >= 4 is 33.6 Å². The predicted molar refractivity (Wildman–Crippen MR) is 245 cm³/mol. The molecule has 5 heteroatoms. The zero-order valence-corrected chi connectivity index (χ0v) is 39.0. The summed E-state index contributed by atoms with van der Waals surface area (Å²) in [4.78, 5) is 11.8. The van der Waals surface area contributed by atoms with Crippen molar-refractivity contribution in [2.45, 2.75) is 52.4 Å². The fraction of sp³-hybridized carbons (Fsp3) is 0.143. The number of hydrogen-bond acceptors (Lipinski definition) is 2. The van der Waals surface area contributed by atoms with Gasteiger partial charge in [-0.15, -0.1) is 0 Å². The van der Waals surface area contributed by atoms with Gasteiger partial charge in [0, 0.05) is 28.3 Å². The molecule has 2 nitrogen and oxygen atoms in total. The standard InChI is InChI=1S/C56H48N2.2BrH.Ni/c1-5-39-33-37(3)34-40(6-2)53(39)57-55-46-31-19-29-45-30-20-32-47(52(45)46)56(55)58-54-48(50(41-21-11-7-12-22-41)42-23-13-8-14-24-42)35-38(4)36-49(54)51(43-25-15-9-16-26-43)44-27-17-10-18-28-44;;;/h7-36,50-51H,5-6H2,1-4H3;2*1H;/q;;;+2/p-2. The summed E-state index contributed by atoms with van der Waals surface area (Å²) < 4.78 is 0. The van der Waals surface area contributed by atoms with Crippen molar-refractivity contribution in [2.75, 3.05) is 0 Å². The first kappa shape index (κ1) is 45.3. The van der Waals surface area contributed by atoms with Crippen LogP contribution in [0.2, 0.25) is 0 Å². The summed E-state index contributed by atoms with van der Waals surface area (Å²) in [6.45, 7) is 8.91. The third-order valence-corrected chi connectivity index (χ3v) is 11.7. The zero-order chi connectivity index (χ0) is 39.6. The Morgan fingerprint density at radius 3 is 1.11 bits per heavy atom. The molecule has 0 aliphatic heterocycles. The van der Waals surface area contributed by atoms with Crippen molar-refractivity contribution in [2.24, 2.45) is 9.98 Å². The summed E-state index contributed by atoms with van der Waals surface area (Å²) in [6, 6.07) is 66.4. The van der Waals surface area contributed by atoms with E-state index < -0.39 is 0 Å². The van der Waals surface area contributed by atoms with Crippen LogP contribution < -0.4 is 34.0 Å². The van der Waals surface area contributed by atoms with E-state index in [-0.39, 0.29) is 62.3 Å². The minimum absolute atomic E-state index is 0. The molecule has 0 heterocycles. The summed E-state index contributed by atoms with van der Waals surface area (Å²) in [5.74, 6) is -0.133. The van der Waals surface area contributed by atoms with E-state index in [1.165, 1.54) is 66.4 Å². The average Bonchev–Trinajstić information content (AvgIpc) is 3.56. The van der Waals surface area contributed by atoms with Crippen LogP contribution in [0.15, 0.2) is 192 Å². The molecule has 0 fully saturated rings. The molecule has 0 amide bonds. The van der Waals surface area contributed by atoms with Gasteiger partial charge in [-0.05, 0) is 76.6 Å². The Hall–Kier alpha value is -5.19. The number of nitrogens with zero attached hydrogens (tertiary/aromatic N) is 2. The zero-order valence-electron chi connectivity index (χ0n) is 34.9. The van der Waals surface area contributed by atoms with Crippen LogP contribution in [0.5, 0.6) is 0 Å². The number of halogens is 2. The van der Waals surface area contributed by atoms with Crippen LogP contribution in [0.3, 0.4) is 0 Å². The molecule has 1 aliphatic rings. The molecule has 0 N–H and O–H groups in total. The molecule has 8 aromatic carbocycles. The van der Waals surface area contributed by atoms with Crippen LogP contribution in [0.4, 0.5) is 11.4 Å². The van der Waals surface area contributed by atoms with Gasteiger partial charge in [0.05, 0.1) is 22.8 Å². The maximum absolute atomic E-state index is 6.07. The smallest absolute Gasteiger partial charge is 1.00 e. The molecule has 0 aromatic heterocycles. The number of aliphatic imine (C=N–C) groups is 2. The van der Waals surface area contributed by atoms with E-state index in [9.17, 15) is 0 Å². The third-order valence-electron chi connectivity index (χ3n) is 11.7. The Kier molecular flexibility index (Phi) is 15.0. The van der Waals surface area contributed by atoms with Crippen LogP contribution in [0, 0.1) is 13.8 Å². The van der Waals surface area contributed by atoms with E-state index >= 15 is 0 Å². The number of hydrogen-bond donors (Lipinski definition) is 0. The molecule has 0 atom stereocenters. The van der Waals surface area contributed by atoms with E-state index in [1.54, 1.807) is 0 Å². The van der Waals surface area contributed by atoms with E-state index in [4.69, 9.17) is 9.98 Å². The predicted octanol–water partition coefficient (Wildman–Crippen LogP) is 8.20.